The van der Waals surface area contributed by atoms with Crippen LogP contribution in [0.1, 0.15) is 27.1 Å². The third-order valence-electron chi connectivity index (χ3n) is 2.94. The van der Waals surface area contributed by atoms with Crippen LogP contribution in [0, 0.1) is 5.82 Å². The number of thiophene rings is 1. The number of nitrogens with zero attached hydrogens (tertiary/aromatic N) is 2. The Hall–Kier alpha value is -2.54. The Balaban J connectivity index is 1.90. The van der Waals surface area contributed by atoms with Gasteiger partial charge in [-0.15, -0.1) is 11.3 Å². The highest BCUT2D eigenvalue weighted by atomic mass is 32.1. The summed E-state index contributed by atoms with van der Waals surface area (Å²) in [5.74, 6) is -0.542. The van der Waals surface area contributed by atoms with E-state index in [2.05, 4.69) is 20.5 Å². The zero-order chi connectivity index (χ0) is 14.7. The molecule has 5 nitrogen and oxygen atoms in total. The third kappa shape index (κ3) is 2.97. The Labute approximate surface area is 123 Å². The van der Waals surface area contributed by atoms with Crippen LogP contribution >= 0.6 is 11.3 Å². The van der Waals surface area contributed by atoms with Crippen LogP contribution < -0.4 is 5.32 Å². The number of H-pyrrole nitrogens is 1. The van der Waals surface area contributed by atoms with Gasteiger partial charge in [-0.3, -0.25) is 9.89 Å². The van der Waals surface area contributed by atoms with Gasteiger partial charge in [-0.1, -0.05) is 18.2 Å². The van der Waals surface area contributed by atoms with Gasteiger partial charge in [0.1, 0.15) is 12.1 Å². The van der Waals surface area contributed by atoms with E-state index in [4.69, 9.17) is 0 Å². The number of amides is 1. The number of halogens is 1. The molecule has 3 aromatic rings. The van der Waals surface area contributed by atoms with E-state index in [9.17, 15) is 9.18 Å². The molecule has 0 saturated carbocycles. The Kier molecular flexibility index (Phi) is 3.74. The van der Waals surface area contributed by atoms with Crippen LogP contribution in [0.3, 0.4) is 0 Å². The number of aromatic nitrogens is 3. The summed E-state index contributed by atoms with van der Waals surface area (Å²) in [7, 11) is 0. The molecule has 1 aromatic carbocycles. The lowest BCUT2D eigenvalue weighted by Gasteiger charge is -2.17. The maximum atomic E-state index is 13.1. The van der Waals surface area contributed by atoms with Crippen molar-refractivity contribution >= 4 is 17.2 Å². The molecule has 0 spiro atoms. The van der Waals surface area contributed by atoms with Gasteiger partial charge in [0, 0.05) is 4.88 Å². The first-order valence-corrected chi connectivity index (χ1v) is 7.07. The molecule has 0 aliphatic heterocycles. The molecule has 0 bridgehead atoms. The summed E-state index contributed by atoms with van der Waals surface area (Å²) >= 11 is 1.51. The molecular formula is C14H11FN4OS. The first kappa shape index (κ1) is 13.4. The van der Waals surface area contributed by atoms with Crippen LogP contribution in [0.2, 0.25) is 0 Å². The Morgan fingerprint density at radius 2 is 2.10 bits per heavy atom. The zero-order valence-electron chi connectivity index (χ0n) is 10.8. The second-order valence-corrected chi connectivity index (χ2v) is 5.29. The molecule has 7 heteroatoms. The summed E-state index contributed by atoms with van der Waals surface area (Å²) in [6.45, 7) is 0. The van der Waals surface area contributed by atoms with E-state index < -0.39 is 0 Å². The van der Waals surface area contributed by atoms with Crippen molar-refractivity contribution in [1.82, 2.24) is 20.5 Å². The lowest BCUT2D eigenvalue weighted by Crippen LogP contribution is -2.29. The molecule has 106 valence electrons. The molecular weight excluding hydrogens is 291 g/mol. The molecule has 0 fully saturated rings. The molecule has 1 unspecified atom stereocenters. The Morgan fingerprint density at radius 1 is 1.29 bits per heavy atom. The SMILES string of the molecule is O=C(NC(c1ccc(F)cc1)c1cccs1)c1ncn[nH]1. The molecule has 2 N–H and O–H groups in total. The van der Waals surface area contributed by atoms with Gasteiger partial charge in [0.25, 0.3) is 5.91 Å². The van der Waals surface area contributed by atoms with Crippen molar-refractivity contribution in [3.63, 3.8) is 0 Å². The van der Waals surface area contributed by atoms with Crippen molar-refractivity contribution in [2.45, 2.75) is 6.04 Å². The minimum absolute atomic E-state index is 0.138. The van der Waals surface area contributed by atoms with Crippen LogP contribution in [-0.2, 0) is 0 Å². The van der Waals surface area contributed by atoms with Gasteiger partial charge in [-0.25, -0.2) is 9.37 Å². The summed E-state index contributed by atoms with van der Waals surface area (Å²) in [5, 5.41) is 11.0. The second kappa shape index (κ2) is 5.84. The standard InChI is InChI=1S/C14H11FN4OS/c15-10-5-3-9(4-6-10)12(11-2-1-7-21-11)18-14(20)13-16-8-17-19-13/h1-8,12H,(H,18,20)(H,16,17,19). The molecule has 1 atom stereocenters. The zero-order valence-corrected chi connectivity index (χ0v) is 11.6. The van der Waals surface area contributed by atoms with Crippen molar-refractivity contribution in [2.75, 3.05) is 0 Å². The maximum absolute atomic E-state index is 13.1. The van der Waals surface area contributed by atoms with E-state index in [1.165, 1.54) is 29.8 Å². The van der Waals surface area contributed by atoms with Crippen LogP contribution in [0.15, 0.2) is 48.1 Å². The average molecular weight is 302 g/mol. The maximum Gasteiger partial charge on any atom is 0.289 e. The van der Waals surface area contributed by atoms with Crippen LogP contribution in [0.25, 0.3) is 0 Å². The van der Waals surface area contributed by atoms with Gasteiger partial charge < -0.3 is 5.32 Å². The topological polar surface area (TPSA) is 70.7 Å². The Morgan fingerprint density at radius 3 is 2.71 bits per heavy atom. The number of hydrogen-bond donors (Lipinski definition) is 2. The molecule has 21 heavy (non-hydrogen) atoms. The van der Waals surface area contributed by atoms with E-state index in [1.54, 1.807) is 12.1 Å². The monoisotopic (exact) mass is 302 g/mol. The molecule has 0 aliphatic carbocycles. The highest BCUT2D eigenvalue weighted by Crippen LogP contribution is 2.26. The first-order valence-electron chi connectivity index (χ1n) is 6.19. The second-order valence-electron chi connectivity index (χ2n) is 4.31. The van der Waals surface area contributed by atoms with Crippen LogP contribution in [0.5, 0.6) is 0 Å². The van der Waals surface area contributed by atoms with E-state index in [0.717, 1.165) is 10.4 Å². The fourth-order valence-corrected chi connectivity index (χ4v) is 2.75. The summed E-state index contributed by atoms with van der Waals surface area (Å²) in [4.78, 5) is 16.9. The summed E-state index contributed by atoms with van der Waals surface area (Å²) in [5.41, 5.74) is 0.798. The van der Waals surface area contributed by atoms with Gasteiger partial charge in [0.2, 0.25) is 5.82 Å². The van der Waals surface area contributed by atoms with Crippen molar-refractivity contribution in [3.8, 4) is 0 Å². The molecule has 1 amide bonds. The van der Waals surface area contributed by atoms with Gasteiger partial charge in [0.15, 0.2) is 0 Å². The van der Waals surface area contributed by atoms with E-state index in [-0.39, 0.29) is 23.6 Å². The fourth-order valence-electron chi connectivity index (χ4n) is 1.94. The van der Waals surface area contributed by atoms with Crippen LogP contribution in [-0.4, -0.2) is 21.1 Å². The van der Waals surface area contributed by atoms with Crippen molar-refractivity contribution in [1.29, 1.82) is 0 Å². The fraction of sp³-hybridized carbons (Fsp3) is 0.0714. The number of nitrogens with one attached hydrogen (secondary N) is 2. The predicted molar refractivity (Wildman–Crippen MR) is 76.4 cm³/mol. The lowest BCUT2D eigenvalue weighted by atomic mass is 10.1. The van der Waals surface area contributed by atoms with Gasteiger partial charge in [0.05, 0.1) is 6.04 Å². The average Bonchev–Trinajstić information content (AvgIpc) is 3.19. The molecule has 0 aliphatic rings. The normalized spacial score (nSPS) is 12.0. The molecule has 2 aromatic heterocycles. The highest BCUT2D eigenvalue weighted by molar-refractivity contribution is 7.10. The summed E-state index contributed by atoms with van der Waals surface area (Å²) in [6.07, 6.45) is 1.27. The quantitative estimate of drug-likeness (QED) is 0.778. The number of rotatable bonds is 4. The Bertz CT molecular complexity index is 710. The van der Waals surface area contributed by atoms with Crippen LogP contribution in [0.4, 0.5) is 4.39 Å². The summed E-state index contributed by atoms with van der Waals surface area (Å²) in [6, 6.07) is 9.51. The highest BCUT2D eigenvalue weighted by Gasteiger charge is 2.20. The molecule has 0 saturated heterocycles. The first-order chi connectivity index (χ1) is 10.2. The minimum atomic E-state index is -0.366. The number of hydrogen-bond acceptors (Lipinski definition) is 4. The molecule has 0 radical (unpaired) electrons. The number of carbonyl (C=O) groups excluding carboxylic acids is 1. The van der Waals surface area contributed by atoms with Crippen molar-refractivity contribution < 1.29 is 9.18 Å². The van der Waals surface area contributed by atoms with E-state index in [1.807, 2.05) is 17.5 Å². The van der Waals surface area contributed by atoms with Gasteiger partial charge in [-0.05, 0) is 29.1 Å². The largest absolute Gasteiger partial charge is 0.338 e. The number of aromatic amines is 1. The third-order valence-corrected chi connectivity index (χ3v) is 3.87. The van der Waals surface area contributed by atoms with E-state index >= 15 is 0 Å². The summed E-state index contributed by atoms with van der Waals surface area (Å²) < 4.78 is 13.1. The molecule has 3 rings (SSSR count). The van der Waals surface area contributed by atoms with E-state index in [0.29, 0.717) is 0 Å². The van der Waals surface area contributed by atoms with Crippen molar-refractivity contribution in [2.24, 2.45) is 0 Å². The van der Waals surface area contributed by atoms with Crippen molar-refractivity contribution in [3.05, 3.63) is 70.2 Å². The predicted octanol–water partition coefficient (Wildman–Crippen LogP) is 2.52. The van der Waals surface area contributed by atoms with Gasteiger partial charge in [-0.2, -0.15) is 5.10 Å². The number of benzene rings is 1. The smallest absolute Gasteiger partial charge is 0.289 e. The minimum Gasteiger partial charge on any atom is -0.338 e. The number of carbonyl (C=O) groups is 1. The lowest BCUT2D eigenvalue weighted by molar-refractivity contribution is 0.0933. The van der Waals surface area contributed by atoms with Gasteiger partial charge >= 0.3 is 0 Å². The molecule has 2 heterocycles.